The second-order valence-corrected chi connectivity index (χ2v) is 49.7. The minimum absolute atomic E-state index is 0. The summed E-state index contributed by atoms with van der Waals surface area (Å²) in [6, 6.07) is 0. The Kier molecular flexibility index (Phi) is 40.5. The zero-order valence-electron chi connectivity index (χ0n) is 83.3. The van der Waals surface area contributed by atoms with Gasteiger partial charge in [-0.15, -0.1) is 0 Å². The fraction of sp³-hybridized carbons (Fsp3) is 0.941. The Labute approximate surface area is 873 Å². The first-order valence-corrected chi connectivity index (χ1v) is 52.6. The molecule has 0 bridgehead atoms. The molecule has 2 unspecified atom stereocenters. The van der Waals surface area contributed by atoms with Gasteiger partial charge in [-0.25, -0.2) is 8.42 Å². The number of rotatable bonds is 23. The predicted molar refractivity (Wildman–Crippen MR) is 477 cm³/mol. The molecule has 0 aromatic rings. The molecule has 0 radical (unpaired) electrons. The molecule has 29 heteroatoms. The number of nitrogens with one attached hydrogen (secondary N) is 3. The van der Waals surface area contributed by atoms with E-state index in [9.17, 15) is 97.9 Å². The molecule has 0 aliphatic heterocycles. The Hall–Kier alpha value is 0.370. The Balaban J connectivity index is 0.000000195. The fourth-order valence-electron chi connectivity index (χ4n) is 35.8. The first kappa shape index (κ1) is 115. The molecule has 16 aliphatic rings. The van der Waals surface area contributed by atoms with E-state index in [0.29, 0.717) is 145 Å². The molecule has 41 atom stereocenters. The molecule has 0 aromatic heterocycles. The van der Waals surface area contributed by atoms with Crippen LogP contribution in [0.3, 0.4) is 0 Å². The van der Waals surface area contributed by atoms with Crippen molar-refractivity contribution in [2.24, 2.45) is 185 Å². The summed E-state index contributed by atoms with van der Waals surface area (Å²) in [4.78, 5) is 68.4. The first-order chi connectivity index (χ1) is 59.6. The third kappa shape index (κ3) is 23.5. The van der Waals surface area contributed by atoms with Gasteiger partial charge < -0.3 is 91.4 Å². The second kappa shape index (κ2) is 46.2. The quantitative estimate of drug-likeness (QED) is 0.0433. The molecule has 131 heavy (non-hydrogen) atoms. The van der Waals surface area contributed by atoms with Crippen LogP contribution >= 0.6 is 0 Å². The summed E-state index contributed by atoms with van der Waals surface area (Å²) in [6.07, 6.45) is 32.6. The van der Waals surface area contributed by atoms with Crippen molar-refractivity contribution in [3.8, 4) is 0 Å². The van der Waals surface area contributed by atoms with Crippen LogP contribution < -0.4 is 144 Å². The topological polar surface area (TPSA) is 444 Å². The number of carboxylic acids is 3. The van der Waals surface area contributed by atoms with E-state index in [1.165, 1.54) is 38.5 Å². The molecule has 0 aromatic carbocycles. The summed E-state index contributed by atoms with van der Waals surface area (Å²) in [5.41, 5.74) is 0.808. The molecule has 13 N–H and O–H groups in total. The van der Waals surface area contributed by atoms with Gasteiger partial charge in [-0.1, -0.05) is 83.1 Å². The van der Waals surface area contributed by atoms with Gasteiger partial charge in [0.05, 0.1) is 83.3 Å². The van der Waals surface area contributed by atoms with Crippen molar-refractivity contribution < 1.29 is 221 Å². The van der Waals surface area contributed by atoms with Gasteiger partial charge in [0.25, 0.3) is 0 Å². The predicted octanol–water partition coefficient (Wildman–Crippen LogP) is -0.962. The van der Waals surface area contributed by atoms with Crippen LogP contribution in [-0.2, 0) is 38.9 Å². The molecule has 24 nitrogen and oxygen atoms in total. The van der Waals surface area contributed by atoms with Crippen LogP contribution in [0.15, 0.2) is 0 Å². The Morgan fingerprint density at radius 3 is 1.07 bits per heavy atom. The van der Waals surface area contributed by atoms with E-state index >= 15 is 0 Å². The molecular weight excluding hydrogens is 1730 g/mol. The number of aliphatic hydroxyl groups excluding tert-OH is 9. The molecule has 16 aliphatic carbocycles. The van der Waals surface area contributed by atoms with Crippen molar-refractivity contribution >= 4 is 45.7 Å². The van der Waals surface area contributed by atoms with E-state index in [-0.39, 0.29) is 284 Å². The van der Waals surface area contributed by atoms with Crippen molar-refractivity contribution in [3.05, 3.63) is 0 Å². The van der Waals surface area contributed by atoms with E-state index in [0.717, 1.165) is 167 Å². The molecule has 726 valence electrons. The molecule has 16 rings (SSSR count). The third-order valence-corrected chi connectivity index (χ3v) is 43.4. The van der Waals surface area contributed by atoms with Gasteiger partial charge in [0.2, 0.25) is 17.7 Å². The van der Waals surface area contributed by atoms with E-state index in [4.69, 9.17) is 5.11 Å². The summed E-state index contributed by atoms with van der Waals surface area (Å²) in [5, 5.41) is 136. The summed E-state index contributed by atoms with van der Waals surface area (Å²) in [7, 11) is -4.31. The van der Waals surface area contributed by atoms with Crippen LogP contribution in [0.25, 0.3) is 0 Å². The average Bonchev–Trinajstić information content (AvgIpc) is 1.67. The number of carbonyl (C=O) groups excluding carboxylic acids is 5. The van der Waals surface area contributed by atoms with E-state index < -0.39 is 46.4 Å². The molecule has 3 amide bonds. The SMILES string of the molecule is C[C@H](CCC(=O)NCC(=O)O)[C@H]1CC[C@H]2[C@@H]3[C@H](O)C[C@@H]4C[C@H](O)CCC4(C)[C@H]3CC[C@]12C.C[C@H](CCC(=O)NCC(=O)[O-])[C@H]1CC[C@H]2[C@@H]3[C@H](O)C[C@@H]4C[C@H](O)CC[C@]4(C)[C@H]3C[C@H](O)[C@]12C.C[C@H](CCC(=O)NCCS(=O)(=O)[O-])[C@H]1CC[C@H]2C3[C@H](O)C[C@@H]4C[C@H](O)CC[C@]4(C)[C@H]3CC[C@]12C.C[C@H](CCC(=O)[O-])[C@H]1CC[C@H]2[C@@H]3CC[C@@H]4C[C@H](O)CC[C@]4(C)[C@H]3C[C@H](O)[C@]12C.[Na+].[Na+].[Na+].[Na+]. The average molecular weight is 1900 g/mol. The zero-order chi connectivity index (χ0) is 92.5. The fourth-order valence-corrected chi connectivity index (χ4v) is 36.1. The van der Waals surface area contributed by atoms with Gasteiger partial charge in [0, 0.05) is 31.8 Å². The summed E-state index contributed by atoms with van der Waals surface area (Å²) in [6.45, 7) is 26.9. The van der Waals surface area contributed by atoms with Gasteiger partial charge >= 0.3 is 124 Å². The van der Waals surface area contributed by atoms with Gasteiger partial charge in [-0.3, -0.25) is 19.2 Å². The molecular formula is C102H168N3Na4O21S+. The van der Waals surface area contributed by atoms with Crippen molar-refractivity contribution in [2.45, 2.75) is 388 Å². The second-order valence-electron chi connectivity index (χ2n) is 48.2. The zero-order valence-corrected chi connectivity index (χ0v) is 92.1. The largest absolute Gasteiger partial charge is 1.00 e. The molecule has 0 spiro atoms. The smallest absolute Gasteiger partial charge is 0.748 e. The van der Waals surface area contributed by atoms with Crippen molar-refractivity contribution in [2.75, 3.05) is 25.4 Å². The normalized spacial score (nSPS) is 46.1. The molecule has 16 fully saturated rings. The van der Waals surface area contributed by atoms with Crippen molar-refractivity contribution in [1.29, 1.82) is 0 Å². The molecule has 16 saturated carbocycles. The monoisotopic (exact) mass is 1900 g/mol. The number of fused-ring (bicyclic) bond motifs is 20. The van der Waals surface area contributed by atoms with Gasteiger partial charge in [-0.2, -0.15) is 0 Å². The van der Waals surface area contributed by atoms with Crippen molar-refractivity contribution in [1.82, 2.24) is 16.0 Å². The summed E-state index contributed by atoms with van der Waals surface area (Å²) < 4.78 is 32.2. The maximum Gasteiger partial charge on any atom is 1.00 e. The Bertz CT molecular complexity index is 3960. The number of amides is 3. The summed E-state index contributed by atoms with van der Waals surface area (Å²) in [5.74, 6) is 5.68. The number of carbonyl (C=O) groups is 6. The number of aliphatic hydroxyl groups is 9. The maximum atomic E-state index is 12.2. The third-order valence-electron chi connectivity index (χ3n) is 42.7. The van der Waals surface area contributed by atoms with Gasteiger partial charge in [0.15, 0.2) is 0 Å². The van der Waals surface area contributed by atoms with E-state index in [1.54, 1.807) is 0 Å². The molecule has 0 saturated heterocycles. The first-order valence-electron chi connectivity index (χ1n) is 51.0. The number of aliphatic carboxylic acids is 3. The van der Waals surface area contributed by atoms with Gasteiger partial charge in [-0.05, 0) is 416 Å². The standard InChI is InChI=1S/C26H45NO6S.C26H43NO6.C26H43NO5.C24H40O4.4Na/c1-16(4-7-23(30)27-12-13-34(31,32)33)19-5-6-20-24-21(9-11-26(19,20)3)25(2)10-8-18(28)14-17(25)15-22(24)29;1-14(4-7-22(31)27-13-23(32)33)17-5-6-18-24-19(12-21(30)26(17,18)3)25(2)9-8-16(28)10-15(25)11-20(24)29;1-15(4-7-22(30)27-14-23(31)32)18-5-6-19-24-20(9-11-26(18,19)3)25(2)10-8-17(28)12-16(25)13-21(24)29;1-14(4-9-22(27)28)18-7-8-19-17-6-5-15-12-16(25)10-11-23(15,2)20(17)13-21(26)24(18,19)3;;;;/h16-22,24,28-29H,4-15H2,1-3H3,(H,27,30)(H,31,32,33);14-21,24,28-30H,4-13H2,1-3H3,(H,27,31)(H,32,33);15-21,24,28-29H,4-14H2,1-3H3,(H,27,30)(H,31,32);14-21,25-26H,4-13H2,1-3H3,(H,27,28);;;;/q;;;;4*+1/p-3/t16-,17+,18-,19-,20+,21+,22-,24?,25+,26-;14-,15+,16-,17-,18+,19+,20-,21+,24+,25+,26-;15-,16+,17-,18-,19+,20+,21-,24+,25?,26-;14-,15-,16-,17+,18-,19+,20+,21+,23+,24-;;;;/m1111..../s1. The van der Waals surface area contributed by atoms with Crippen LogP contribution in [0.4, 0.5) is 0 Å². The Morgan fingerprint density at radius 1 is 0.344 bits per heavy atom. The minimum atomic E-state index is -4.31. The summed E-state index contributed by atoms with van der Waals surface area (Å²) >= 11 is 0. The van der Waals surface area contributed by atoms with Crippen LogP contribution in [0, 0.1) is 185 Å². The van der Waals surface area contributed by atoms with E-state index in [1.807, 2.05) is 0 Å². The maximum absolute atomic E-state index is 12.2. The Morgan fingerprint density at radius 2 is 0.664 bits per heavy atom. The number of hydrogen-bond acceptors (Lipinski definition) is 20. The number of carboxylic acid groups (broad SMARTS) is 3. The van der Waals surface area contributed by atoms with Crippen LogP contribution in [0.2, 0.25) is 0 Å². The van der Waals surface area contributed by atoms with Crippen LogP contribution in [-0.4, -0.2) is 180 Å². The van der Waals surface area contributed by atoms with Crippen LogP contribution in [0.5, 0.6) is 0 Å². The minimum Gasteiger partial charge on any atom is -0.748 e. The number of hydrogen-bond donors (Lipinski definition) is 13. The van der Waals surface area contributed by atoms with Gasteiger partial charge in [0.1, 0.15) is 6.54 Å². The van der Waals surface area contributed by atoms with Crippen LogP contribution in [0.1, 0.15) is 333 Å². The molecule has 0 heterocycles. The van der Waals surface area contributed by atoms with Crippen molar-refractivity contribution in [3.63, 3.8) is 0 Å². The van der Waals surface area contributed by atoms with E-state index in [2.05, 4.69) is 99.0 Å².